The Morgan fingerprint density at radius 2 is 1.78 bits per heavy atom. The summed E-state index contributed by atoms with van der Waals surface area (Å²) in [6, 6.07) is 13.6. The SMILES string of the molecule is O=C(CCl)N1CCCC(c2ccc(Cl)cc2)c2ccc(Cl)cc21. The summed E-state index contributed by atoms with van der Waals surface area (Å²) in [6.45, 7) is 0.656. The van der Waals surface area contributed by atoms with Crippen molar-refractivity contribution >= 4 is 46.4 Å². The van der Waals surface area contributed by atoms with Gasteiger partial charge in [0.1, 0.15) is 5.88 Å². The van der Waals surface area contributed by atoms with Gasteiger partial charge in [-0.25, -0.2) is 0 Å². The lowest BCUT2D eigenvalue weighted by atomic mass is 9.87. The van der Waals surface area contributed by atoms with Gasteiger partial charge in [0.15, 0.2) is 0 Å². The molecule has 2 nitrogen and oxygen atoms in total. The number of carbonyl (C=O) groups excluding carboxylic acids is 1. The lowest BCUT2D eigenvalue weighted by Crippen LogP contribution is -2.32. The molecule has 0 bridgehead atoms. The van der Waals surface area contributed by atoms with E-state index in [1.165, 1.54) is 5.56 Å². The predicted molar refractivity (Wildman–Crippen MR) is 97.1 cm³/mol. The summed E-state index contributed by atoms with van der Waals surface area (Å²) in [5.74, 6) is 0.0944. The number of alkyl halides is 1. The number of halogens is 3. The average Bonchev–Trinajstić information content (AvgIpc) is 2.74. The number of amides is 1. The first-order chi connectivity index (χ1) is 11.1. The lowest BCUT2D eigenvalue weighted by molar-refractivity contribution is -0.116. The van der Waals surface area contributed by atoms with Gasteiger partial charge >= 0.3 is 0 Å². The number of hydrogen-bond acceptors (Lipinski definition) is 1. The average molecular weight is 369 g/mol. The van der Waals surface area contributed by atoms with Gasteiger partial charge in [-0.1, -0.05) is 41.4 Å². The minimum Gasteiger partial charge on any atom is -0.311 e. The van der Waals surface area contributed by atoms with E-state index in [0.717, 1.165) is 29.1 Å². The third-order valence-corrected chi connectivity index (χ3v) is 4.94. The van der Waals surface area contributed by atoms with Crippen LogP contribution < -0.4 is 4.90 Å². The molecule has 120 valence electrons. The number of anilines is 1. The number of rotatable bonds is 2. The normalized spacial score (nSPS) is 17.5. The van der Waals surface area contributed by atoms with E-state index < -0.39 is 0 Å². The molecule has 2 aromatic carbocycles. The number of fused-ring (bicyclic) bond motifs is 1. The Hall–Kier alpha value is -1.22. The van der Waals surface area contributed by atoms with Crippen molar-refractivity contribution in [1.29, 1.82) is 0 Å². The summed E-state index contributed by atoms with van der Waals surface area (Å²) in [6.07, 6.45) is 1.87. The lowest BCUT2D eigenvalue weighted by Gasteiger charge is -2.24. The standard InChI is InChI=1S/C18H16Cl3NO/c19-11-18(23)22-9-1-2-15(12-3-5-13(20)6-4-12)16-8-7-14(21)10-17(16)22/h3-8,10,15H,1-2,9,11H2. The van der Waals surface area contributed by atoms with Crippen LogP contribution in [0.15, 0.2) is 42.5 Å². The first-order valence-electron chi connectivity index (χ1n) is 7.51. The second-order valence-corrected chi connectivity index (χ2v) is 6.77. The van der Waals surface area contributed by atoms with Crippen LogP contribution in [0.2, 0.25) is 10.0 Å². The van der Waals surface area contributed by atoms with Crippen LogP contribution in [0, 0.1) is 0 Å². The molecule has 1 atom stereocenters. The fraction of sp³-hybridized carbons (Fsp3) is 0.278. The molecule has 2 aromatic rings. The van der Waals surface area contributed by atoms with E-state index in [1.54, 1.807) is 4.90 Å². The summed E-state index contributed by atoms with van der Waals surface area (Å²) in [4.78, 5) is 14.0. The summed E-state index contributed by atoms with van der Waals surface area (Å²) in [5, 5.41) is 1.34. The van der Waals surface area contributed by atoms with Crippen molar-refractivity contribution in [3.8, 4) is 0 Å². The van der Waals surface area contributed by atoms with Gasteiger partial charge < -0.3 is 4.90 Å². The van der Waals surface area contributed by atoms with Crippen molar-refractivity contribution in [3.05, 3.63) is 63.6 Å². The fourth-order valence-corrected chi connectivity index (χ4v) is 3.58. The minimum atomic E-state index is -0.0908. The highest BCUT2D eigenvalue weighted by atomic mass is 35.5. The van der Waals surface area contributed by atoms with Crippen molar-refractivity contribution in [3.63, 3.8) is 0 Å². The Morgan fingerprint density at radius 3 is 2.48 bits per heavy atom. The van der Waals surface area contributed by atoms with Crippen LogP contribution in [0.4, 0.5) is 5.69 Å². The monoisotopic (exact) mass is 367 g/mol. The smallest absolute Gasteiger partial charge is 0.241 e. The molecule has 3 rings (SSSR count). The van der Waals surface area contributed by atoms with Gasteiger partial charge in [-0.2, -0.15) is 0 Å². The van der Waals surface area contributed by atoms with Crippen LogP contribution in [0.3, 0.4) is 0 Å². The van der Waals surface area contributed by atoms with Gasteiger partial charge in [-0.15, -0.1) is 11.6 Å². The van der Waals surface area contributed by atoms with Crippen molar-refractivity contribution in [2.45, 2.75) is 18.8 Å². The van der Waals surface area contributed by atoms with E-state index in [0.29, 0.717) is 11.6 Å². The van der Waals surface area contributed by atoms with Crippen LogP contribution in [-0.2, 0) is 4.79 Å². The minimum absolute atomic E-state index is 0.0302. The molecular formula is C18H16Cl3NO. The van der Waals surface area contributed by atoms with E-state index in [2.05, 4.69) is 0 Å². The highest BCUT2D eigenvalue weighted by molar-refractivity contribution is 6.31. The molecule has 0 saturated carbocycles. The largest absolute Gasteiger partial charge is 0.311 e. The first kappa shape index (κ1) is 16.6. The maximum Gasteiger partial charge on any atom is 0.241 e. The van der Waals surface area contributed by atoms with Crippen molar-refractivity contribution in [2.75, 3.05) is 17.3 Å². The fourth-order valence-electron chi connectivity index (χ4n) is 3.15. The maximum absolute atomic E-state index is 12.2. The second-order valence-electron chi connectivity index (χ2n) is 5.63. The van der Waals surface area contributed by atoms with Crippen LogP contribution in [0.25, 0.3) is 0 Å². The van der Waals surface area contributed by atoms with Gasteiger partial charge in [0, 0.05) is 28.2 Å². The number of carbonyl (C=O) groups is 1. The Morgan fingerprint density at radius 1 is 1.09 bits per heavy atom. The Labute approximate surface area is 151 Å². The summed E-state index contributed by atoms with van der Waals surface area (Å²) < 4.78 is 0. The molecule has 5 heteroatoms. The third-order valence-electron chi connectivity index (χ3n) is 4.22. The zero-order chi connectivity index (χ0) is 16.4. The van der Waals surface area contributed by atoms with Gasteiger partial charge in [0.05, 0.1) is 0 Å². The predicted octanol–water partition coefficient (Wildman–Crippen LogP) is 5.49. The molecule has 1 aliphatic heterocycles. The van der Waals surface area contributed by atoms with Crippen molar-refractivity contribution in [2.24, 2.45) is 0 Å². The van der Waals surface area contributed by atoms with Gasteiger partial charge in [0.2, 0.25) is 5.91 Å². The molecule has 0 aromatic heterocycles. The quantitative estimate of drug-likeness (QED) is 0.642. The molecule has 23 heavy (non-hydrogen) atoms. The summed E-state index contributed by atoms with van der Waals surface area (Å²) >= 11 is 17.9. The first-order valence-corrected chi connectivity index (χ1v) is 8.80. The zero-order valence-corrected chi connectivity index (χ0v) is 14.7. The van der Waals surface area contributed by atoms with Crippen LogP contribution in [-0.4, -0.2) is 18.3 Å². The van der Waals surface area contributed by atoms with E-state index in [1.807, 2.05) is 42.5 Å². The highest BCUT2D eigenvalue weighted by Gasteiger charge is 2.27. The number of benzene rings is 2. The molecule has 0 aliphatic carbocycles. The third kappa shape index (κ3) is 3.50. The summed E-state index contributed by atoms with van der Waals surface area (Å²) in [5.41, 5.74) is 3.16. The summed E-state index contributed by atoms with van der Waals surface area (Å²) in [7, 11) is 0. The van der Waals surface area contributed by atoms with Crippen molar-refractivity contribution < 1.29 is 4.79 Å². The number of hydrogen-bond donors (Lipinski definition) is 0. The van der Waals surface area contributed by atoms with Crippen LogP contribution in [0.1, 0.15) is 29.9 Å². The Bertz CT molecular complexity index is 715. The van der Waals surface area contributed by atoms with E-state index >= 15 is 0 Å². The van der Waals surface area contributed by atoms with Gasteiger partial charge in [-0.05, 0) is 48.2 Å². The van der Waals surface area contributed by atoms with Gasteiger partial charge in [-0.3, -0.25) is 4.79 Å². The molecule has 1 amide bonds. The maximum atomic E-state index is 12.2. The van der Waals surface area contributed by atoms with Crippen LogP contribution in [0.5, 0.6) is 0 Å². The second kappa shape index (κ2) is 7.12. The molecule has 0 N–H and O–H groups in total. The van der Waals surface area contributed by atoms with Gasteiger partial charge in [0.25, 0.3) is 0 Å². The van der Waals surface area contributed by atoms with E-state index in [4.69, 9.17) is 34.8 Å². The molecule has 1 unspecified atom stereocenters. The Kier molecular flexibility index (Phi) is 5.15. The molecule has 0 saturated heterocycles. The highest BCUT2D eigenvalue weighted by Crippen LogP contribution is 2.40. The van der Waals surface area contributed by atoms with E-state index in [-0.39, 0.29) is 17.7 Å². The topological polar surface area (TPSA) is 20.3 Å². The Balaban J connectivity index is 2.09. The molecule has 1 heterocycles. The van der Waals surface area contributed by atoms with E-state index in [9.17, 15) is 4.79 Å². The number of nitrogens with zero attached hydrogens (tertiary/aromatic N) is 1. The van der Waals surface area contributed by atoms with Crippen LogP contribution >= 0.6 is 34.8 Å². The molecular weight excluding hydrogens is 353 g/mol. The molecule has 0 fully saturated rings. The molecule has 1 aliphatic rings. The zero-order valence-electron chi connectivity index (χ0n) is 12.4. The molecule has 0 spiro atoms. The van der Waals surface area contributed by atoms with Crippen molar-refractivity contribution in [1.82, 2.24) is 0 Å². The molecule has 0 radical (unpaired) electrons.